The largest absolute Gasteiger partial charge is 0.506 e. The SMILES string of the molecule is CNc1nccc(-c2cc(O)c(C(=O)Nc3nc4c(C)cccc4s3)s2)n1. The molecule has 0 radical (unpaired) electrons. The quantitative estimate of drug-likeness (QED) is 0.479. The number of rotatable bonds is 4. The molecule has 4 aromatic rings. The van der Waals surface area contributed by atoms with E-state index < -0.39 is 5.91 Å². The number of hydrogen-bond acceptors (Lipinski definition) is 8. The molecule has 7 nitrogen and oxygen atoms in total. The Labute approximate surface area is 162 Å². The molecule has 27 heavy (non-hydrogen) atoms. The second-order valence-electron chi connectivity index (χ2n) is 5.74. The zero-order chi connectivity index (χ0) is 19.0. The van der Waals surface area contributed by atoms with Crippen molar-refractivity contribution >= 4 is 49.9 Å². The van der Waals surface area contributed by atoms with Gasteiger partial charge in [0, 0.05) is 19.3 Å². The molecule has 9 heteroatoms. The Kier molecular flexibility index (Phi) is 4.46. The first-order chi connectivity index (χ1) is 13.0. The third-order valence-electron chi connectivity index (χ3n) is 3.89. The van der Waals surface area contributed by atoms with Crippen LogP contribution < -0.4 is 10.6 Å². The zero-order valence-electron chi connectivity index (χ0n) is 14.5. The summed E-state index contributed by atoms with van der Waals surface area (Å²) in [5.41, 5.74) is 2.55. The van der Waals surface area contributed by atoms with Crippen molar-refractivity contribution in [2.24, 2.45) is 0 Å². The van der Waals surface area contributed by atoms with E-state index in [1.807, 2.05) is 25.1 Å². The van der Waals surface area contributed by atoms with E-state index in [9.17, 15) is 9.90 Å². The monoisotopic (exact) mass is 397 g/mol. The molecule has 0 aliphatic carbocycles. The lowest BCUT2D eigenvalue weighted by molar-refractivity contribution is 0.102. The Hall–Kier alpha value is -3.04. The van der Waals surface area contributed by atoms with Crippen LogP contribution in [0.25, 0.3) is 20.8 Å². The fourth-order valence-electron chi connectivity index (χ4n) is 2.58. The summed E-state index contributed by atoms with van der Waals surface area (Å²) in [5, 5.41) is 16.4. The van der Waals surface area contributed by atoms with Crippen molar-refractivity contribution in [1.82, 2.24) is 15.0 Å². The van der Waals surface area contributed by atoms with E-state index in [0.29, 0.717) is 21.7 Å². The molecule has 3 heterocycles. The molecule has 0 saturated heterocycles. The molecule has 0 atom stereocenters. The first kappa shape index (κ1) is 17.4. The van der Waals surface area contributed by atoms with Crippen LogP contribution in [0.4, 0.5) is 11.1 Å². The van der Waals surface area contributed by atoms with E-state index in [2.05, 4.69) is 25.6 Å². The third-order valence-corrected chi connectivity index (χ3v) is 5.97. The number of amides is 1. The number of thiophene rings is 1. The number of anilines is 2. The topological polar surface area (TPSA) is 100 Å². The number of nitrogens with zero attached hydrogens (tertiary/aromatic N) is 3. The summed E-state index contributed by atoms with van der Waals surface area (Å²) >= 11 is 2.57. The van der Waals surface area contributed by atoms with Crippen LogP contribution in [0, 0.1) is 6.92 Å². The molecule has 0 aliphatic heterocycles. The molecule has 3 N–H and O–H groups in total. The minimum absolute atomic E-state index is 0.0885. The lowest BCUT2D eigenvalue weighted by Gasteiger charge is -2.00. The Morgan fingerprint density at radius 2 is 2.04 bits per heavy atom. The van der Waals surface area contributed by atoms with E-state index in [1.54, 1.807) is 19.3 Å². The van der Waals surface area contributed by atoms with Gasteiger partial charge in [0.25, 0.3) is 5.91 Å². The number of carbonyl (C=O) groups is 1. The third kappa shape index (κ3) is 3.34. The van der Waals surface area contributed by atoms with Gasteiger partial charge in [-0.05, 0) is 24.6 Å². The van der Waals surface area contributed by atoms with Gasteiger partial charge in [0.05, 0.1) is 20.8 Å². The molecule has 3 aromatic heterocycles. The van der Waals surface area contributed by atoms with Gasteiger partial charge < -0.3 is 10.4 Å². The van der Waals surface area contributed by atoms with E-state index in [4.69, 9.17) is 0 Å². The van der Waals surface area contributed by atoms with Crippen LogP contribution >= 0.6 is 22.7 Å². The number of benzene rings is 1. The molecule has 4 rings (SSSR count). The number of aryl methyl sites for hydroxylation is 1. The number of fused-ring (bicyclic) bond motifs is 1. The second kappa shape index (κ2) is 6.93. The molecular weight excluding hydrogens is 382 g/mol. The fourth-order valence-corrected chi connectivity index (χ4v) is 4.44. The highest BCUT2D eigenvalue weighted by atomic mass is 32.1. The van der Waals surface area contributed by atoms with E-state index in [1.165, 1.54) is 28.7 Å². The van der Waals surface area contributed by atoms with Crippen LogP contribution in [0.15, 0.2) is 36.5 Å². The Balaban J connectivity index is 1.61. The number of nitrogens with one attached hydrogen (secondary N) is 2. The van der Waals surface area contributed by atoms with Gasteiger partial charge in [-0.3, -0.25) is 10.1 Å². The fraction of sp³-hybridized carbons (Fsp3) is 0.111. The first-order valence-electron chi connectivity index (χ1n) is 8.06. The Bertz CT molecular complexity index is 1150. The number of hydrogen-bond donors (Lipinski definition) is 3. The Morgan fingerprint density at radius 1 is 1.19 bits per heavy atom. The van der Waals surface area contributed by atoms with Crippen molar-refractivity contribution in [2.75, 3.05) is 17.7 Å². The molecule has 0 saturated carbocycles. The molecule has 0 bridgehead atoms. The maximum atomic E-state index is 12.6. The molecule has 0 aliphatic rings. The smallest absolute Gasteiger partial charge is 0.271 e. The van der Waals surface area contributed by atoms with Crippen molar-refractivity contribution in [3.8, 4) is 16.3 Å². The molecule has 0 unspecified atom stereocenters. The lowest BCUT2D eigenvalue weighted by atomic mass is 10.2. The van der Waals surface area contributed by atoms with Crippen molar-refractivity contribution in [3.63, 3.8) is 0 Å². The van der Waals surface area contributed by atoms with Crippen LogP contribution in [0.1, 0.15) is 15.2 Å². The van der Waals surface area contributed by atoms with E-state index in [0.717, 1.165) is 15.8 Å². The van der Waals surface area contributed by atoms with E-state index in [-0.39, 0.29) is 10.6 Å². The highest BCUT2D eigenvalue weighted by Crippen LogP contribution is 2.36. The van der Waals surface area contributed by atoms with Crippen LogP contribution in [0.5, 0.6) is 5.75 Å². The van der Waals surface area contributed by atoms with Gasteiger partial charge in [-0.2, -0.15) is 0 Å². The van der Waals surface area contributed by atoms with Gasteiger partial charge in [-0.1, -0.05) is 23.5 Å². The van der Waals surface area contributed by atoms with E-state index >= 15 is 0 Å². The maximum absolute atomic E-state index is 12.6. The summed E-state index contributed by atoms with van der Waals surface area (Å²) in [4.78, 5) is 26.4. The minimum Gasteiger partial charge on any atom is -0.506 e. The summed E-state index contributed by atoms with van der Waals surface area (Å²) in [6, 6.07) is 9.16. The van der Waals surface area contributed by atoms with Gasteiger partial charge in [-0.15, -0.1) is 11.3 Å². The number of carbonyl (C=O) groups excluding carboxylic acids is 1. The predicted molar refractivity (Wildman–Crippen MR) is 109 cm³/mol. The zero-order valence-corrected chi connectivity index (χ0v) is 16.1. The predicted octanol–water partition coefficient (Wildman–Crippen LogP) is 4.12. The molecule has 0 fully saturated rings. The summed E-state index contributed by atoms with van der Waals surface area (Å²) < 4.78 is 1.00. The van der Waals surface area contributed by atoms with Crippen molar-refractivity contribution < 1.29 is 9.90 Å². The summed E-state index contributed by atoms with van der Waals surface area (Å²) in [5.74, 6) is -0.0194. The number of aromatic hydroxyl groups is 1. The molecular formula is C18H15N5O2S2. The summed E-state index contributed by atoms with van der Waals surface area (Å²) in [6.07, 6.45) is 1.62. The lowest BCUT2D eigenvalue weighted by Crippen LogP contribution is -2.09. The van der Waals surface area contributed by atoms with Crippen LogP contribution in [0.3, 0.4) is 0 Å². The molecule has 1 aromatic carbocycles. The normalized spacial score (nSPS) is 10.9. The highest BCUT2D eigenvalue weighted by molar-refractivity contribution is 7.22. The summed E-state index contributed by atoms with van der Waals surface area (Å²) in [7, 11) is 1.73. The Morgan fingerprint density at radius 3 is 2.81 bits per heavy atom. The van der Waals surface area contributed by atoms with Crippen LogP contribution in [0.2, 0.25) is 0 Å². The average molecular weight is 397 g/mol. The van der Waals surface area contributed by atoms with Gasteiger partial charge in [0.1, 0.15) is 10.6 Å². The number of thiazole rings is 1. The van der Waals surface area contributed by atoms with Crippen molar-refractivity contribution in [1.29, 1.82) is 0 Å². The second-order valence-corrected chi connectivity index (χ2v) is 7.82. The van der Waals surface area contributed by atoms with Crippen molar-refractivity contribution in [2.45, 2.75) is 6.92 Å². The maximum Gasteiger partial charge on any atom is 0.271 e. The first-order valence-corrected chi connectivity index (χ1v) is 9.70. The summed E-state index contributed by atoms with van der Waals surface area (Å²) in [6.45, 7) is 1.98. The molecule has 136 valence electrons. The van der Waals surface area contributed by atoms with Crippen LogP contribution in [-0.2, 0) is 0 Å². The number of para-hydroxylation sites is 1. The van der Waals surface area contributed by atoms with Gasteiger partial charge in [-0.25, -0.2) is 15.0 Å². The van der Waals surface area contributed by atoms with Gasteiger partial charge in [0.2, 0.25) is 5.95 Å². The molecule has 1 amide bonds. The highest BCUT2D eigenvalue weighted by Gasteiger charge is 2.19. The van der Waals surface area contributed by atoms with Gasteiger partial charge >= 0.3 is 0 Å². The molecule has 0 spiro atoms. The van der Waals surface area contributed by atoms with Crippen LogP contribution in [-0.4, -0.2) is 33.0 Å². The number of aromatic nitrogens is 3. The average Bonchev–Trinajstić information content (AvgIpc) is 3.26. The van der Waals surface area contributed by atoms with Gasteiger partial charge in [0.15, 0.2) is 5.13 Å². The van der Waals surface area contributed by atoms with Crippen molar-refractivity contribution in [3.05, 3.63) is 47.0 Å². The minimum atomic E-state index is -0.400. The standard InChI is InChI=1S/C18H15N5O2S2/c1-9-4-3-5-12-14(9)22-18(27-12)23-16(25)15-11(24)8-13(26-15)10-6-7-20-17(19-2)21-10/h3-8,24H,1-2H3,(H,19,20,21)(H,22,23,25).